The van der Waals surface area contributed by atoms with E-state index in [9.17, 15) is 4.79 Å². The van der Waals surface area contributed by atoms with E-state index in [0.29, 0.717) is 0 Å². The van der Waals surface area contributed by atoms with E-state index in [2.05, 4.69) is 13.8 Å². The molecule has 0 saturated carbocycles. The molecule has 3 nitrogen and oxygen atoms in total. The van der Waals surface area contributed by atoms with E-state index in [1.54, 1.807) is 0 Å². The lowest BCUT2D eigenvalue weighted by molar-refractivity contribution is -0.135. The summed E-state index contributed by atoms with van der Waals surface area (Å²) in [7, 11) is 0. The Morgan fingerprint density at radius 1 is 1.35 bits per heavy atom. The van der Waals surface area contributed by atoms with Crippen molar-refractivity contribution in [1.29, 1.82) is 0 Å². The van der Waals surface area contributed by atoms with E-state index in [1.807, 2.05) is 35.2 Å². The molecule has 1 unspecified atom stereocenters. The van der Waals surface area contributed by atoms with Crippen molar-refractivity contribution in [3.8, 4) is 0 Å². The molecule has 1 aromatic rings. The molecule has 0 spiro atoms. The van der Waals surface area contributed by atoms with E-state index in [1.165, 1.54) is 0 Å². The fourth-order valence-electron chi connectivity index (χ4n) is 2.49. The number of nitrogens with two attached hydrogens (primary N) is 1. The Bertz CT molecular complexity index is 400. The molecule has 1 aliphatic heterocycles. The van der Waals surface area contributed by atoms with Crippen LogP contribution in [0.15, 0.2) is 30.3 Å². The van der Waals surface area contributed by atoms with E-state index in [0.717, 1.165) is 24.9 Å². The van der Waals surface area contributed by atoms with Crippen molar-refractivity contribution in [3.05, 3.63) is 35.9 Å². The standard InChI is InChI=1S/C14H20N2O/c1-14(2)9-6-10-16(14)13(17)12(15)11-7-4-3-5-8-11/h3-5,7-8,12H,6,9-10,15H2,1-2H3. The smallest absolute Gasteiger partial charge is 0.244 e. The van der Waals surface area contributed by atoms with Crippen molar-refractivity contribution >= 4 is 5.91 Å². The maximum atomic E-state index is 12.4. The van der Waals surface area contributed by atoms with Crippen LogP contribution in [0.1, 0.15) is 38.3 Å². The van der Waals surface area contributed by atoms with Gasteiger partial charge in [-0.1, -0.05) is 30.3 Å². The van der Waals surface area contributed by atoms with Crippen LogP contribution in [0.3, 0.4) is 0 Å². The van der Waals surface area contributed by atoms with Gasteiger partial charge in [0.15, 0.2) is 0 Å². The summed E-state index contributed by atoms with van der Waals surface area (Å²) in [5, 5.41) is 0. The quantitative estimate of drug-likeness (QED) is 0.848. The molecule has 1 amide bonds. The monoisotopic (exact) mass is 232 g/mol. The van der Waals surface area contributed by atoms with Crippen molar-refractivity contribution in [1.82, 2.24) is 4.90 Å². The molecule has 0 aromatic heterocycles. The molecular weight excluding hydrogens is 212 g/mol. The highest BCUT2D eigenvalue weighted by Gasteiger charge is 2.37. The molecule has 1 aliphatic rings. The predicted octanol–water partition coefficient (Wildman–Crippen LogP) is 2.09. The van der Waals surface area contributed by atoms with Crippen LogP contribution < -0.4 is 5.73 Å². The number of amides is 1. The molecule has 0 bridgehead atoms. The minimum atomic E-state index is -0.534. The van der Waals surface area contributed by atoms with Crippen molar-refractivity contribution < 1.29 is 4.79 Å². The number of hydrogen-bond donors (Lipinski definition) is 1. The lowest BCUT2D eigenvalue weighted by atomic mass is 10.00. The van der Waals surface area contributed by atoms with Gasteiger partial charge in [0.25, 0.3) is 0 Å². The highest BCUT2D eigenvalue weighted by Crippen LogP contribution is 2.30. The lowest BCUT2D eigenvalue weighted by Gasteiger charge is -2.33. The second kappa shape index (κ2) is 4.49. The molecule has 1 saturated heterocycles. The Morgan fingerprint density at radius 3 is 2.53 bits per heavy atom. The molecule has 1 fully saturated rings. The highest BCUT2D eigenvalue weighted by molar-refractivity contribution is 5.84. The summed E-state index contributed by atoms with van der Waals surface area (Å²) in [6, 6.07) is 9.04. The van der Waals surface area contributed by atoms with Crippen LogP contribution in [0.2, 0.25) is 0 Å². The van der Waals surface area contributed by atoms with E-state index >= 15 is 0 Å². The number of rotatable bonds is 2. The maximum absolute atomic E-state index is 12.4. The number of carbonyl (C=O) groups excluding carboxylic acids is 1. The van der Waals surface area contributed by atoms with Crippen molar-refractivity contribution in [2.75, 3.05) is 6.54 Å². The molecule has 92 valence electrons. The number of hydrogen-bond acceptors (Lipinski definition) is 2. The zero-order valence-corrected chi connectivity index (χ0v) is 10.5. The van der Waals surface area contributed by atoms with Gasteiger partial charge in [-0.25, -0.2) is 0 Å². The fourth-order valence-corrected chi connectivity index (χ4v) is 2.49. The third-order valence-electron chi connectivity index (χ3n) is 3.59. The Labute approximate surface area is 103 Å². The molecule has 2 rings (SSSR count). The normalized spacial score (nSPS) is 20.3. The van der Waals surface area contributed by atoms with Gasteiger partial charge in [-0.3, -0.25) is 4.79 Å². The first-order chi connectivity index (χ1) is 8.02. The van der Waals surface area contributed by atoms with Gasteiger partial charge in [-0.2, -0.15) is 0 Å². The molecule has 1 aromatic carbocycles. The molecule has 0 aliphatic carbocycles. The van der Waals surface area contributed by atoms with E-state index < -0.39 is 6.04 Å². The summed E-state index contributed by atoms with van der Waals surface area (Å²) >= 11 is 0. The van der Waals surface area contributed by atoms with Gasteiger partial charge in [-0.05, 0) is 32.3 Å². The maximum Gasteiger partial charge on any atom is 0.244 e. The van der Waals surface area contributed by atoms with Gasteiger partial charge in [0.1, 0.15) is 6.04 Å². The topological polar surface area (TPSA) is 46.3 Å². The molecular formula is C14H20N2O. The van der Waals surface area contributed by atoms with Gasteiger partial charge in [-0.15, -0.1) is 0 Å². The number of benzene rings is 1. The summed E-state index contributed by atoms with van der Waals surface area (Å²) in [5.41, 5.74) is 6.89. The predicted molar refractivity (Wildman–Crippen MR) is 68.4 cm³/mol. The minimum Gasteiger partial charge on any atom is -0.336 e. The second-order valence-electron chi connectivity index (χ2n) is 5.29. The van der Waals surface area contributed by atoms with Gasteiger partial charge < -0.3 is 10.6 Å². The average molecular weight is 232 g/mol. The van der Waals surface area contributed by atoms with Crippen LogP contribution in [0.4, 0.5) is 0 Å². The molecule has 3 heteroatoms. The molecule has 1 heterocycles. The Morgan fingerprint density at radius 2 is 2.00 bits per heavy atom. The van der Waals surface area contributed by atoms with E-state index in [4.69, 9.17) is 5.73 Å². The van der Waals surface area contributed by atoms with Crippen LogP contribution >= 0.6 is 0 Å². The van der Waals surface area contributed by atoms with Crippen LogP contribution in [-0.4, -0.2) is 22.9 Å². The van der Waals surface area contributed by atoms with Crippen molar-refractivity contribution in [3.63, 3.8) is 0 Å². The number of likely N-dealkylation sites (tertiary alicyclic amines) is 1. The Kier molecular flexibility index (Phi) is 3.20. The third-order valence-corrected chi connectivity index (χ3v) is 3.59. The van der Waals surface area contributed by atoms with Gasteiger partial charge in [0.05, 0.1) is 0 Å². The lowest BCUT2D eigenvalue weighted by Crippen LogP contribution is -2.46. The summed E-state index contributed by atoms with van der Waals surface area (Å²) in [6.07, 6.45) is 2.13. The summed E-state index contributed by atoms with van der Waals surface area (Å²) in [4.78, 5) is 14.3. The number of nitrogens with zero attached hydrogens (tertiary/aromatic N) is 1. The van der Waals surface area contributed by atoms with Gasteiger partial charge in [0, 0.05) is 12.1 Å². The highest BCUT2D eigenvalue weighted by atomic mass is 16.2. The third kappa shape index (κ3) is 2.34. The Balaban J connectivity index is 2.16. The molecule has 1 atom stereocenters. The first kappa shape index (κ1) is 12.1. The van der Waals surface area contributed by atoms with Crippen LogP contribution in [-0.2, 0) is 4.79 Å². The zero-order valence-electron chi connectivity index (χ0n) is 10.5. The van der Waals surface area contributed by atoms with Crippen LogP contribution in [0, 0.1) is 0 Å². The fraction of sp³-hybridized carbons (Fsp3) is 0.500. The minimum absolute atomic E-state index is 0.0405. The zero-order chi connectivity index (χ0) is 12.5. The van der Waals surface area contributed by atoms with Crippen LogP contribution in [0.25, 0.3) is 0 Å². The first-order valence-electron chi connectivity index (χ1n) is 6.14. The van der Waals surface area contributed by atoms with Crippen molar-refractivity contribution in [2.45, 2.75) is 38.3 Å². The van der Waals surface area contributed by atoms with Gasteiger partial charge >= 0.3 is 0 Å². The molecule has 2 N–H and O–H groups in total. The van der Waals surface area contributed by atoms with E-state index in [-0.39, 0.29) is 11.4 Å². The van der Waals surface area contributed by atoms with Crippen molar-refractivity contribution in [2.24, 2.45) is 5.73 Å². The Hall–Kier alpha value is -1.35. The van der Waals surface area contributed by atoms with Gasteiger partial charge in [0.2, 0.25) is 5.91 Å². The first-order valence-corrected chi connectivity index (χ1v) is 6.14. The summed E-state index contributed by atoms with van der Waals surface area (Å²) in [6.45, 7) is 5.04. The number of carbonyl (C=O) groups is 1. The second-order valence-corrected chi connectivity index (χ2v) is 5.29. The summed E-state index contributed by atoms with van der Waals surface area (Å²) in [5.74, 6) is 0.0405. The summed E-state index contributed by atoms with van der Waals surface area (Å²) < 4.78 is 0. The molecule has 0 radical (unpaired) electrons. The SMILES string of the molecule is CC1(C)CCCN1C(=O)C(N)c1ccccc1. The average Bonchev–Trinajstić information content (AvgIpc) is 2.68. The molecule has 17 heavy (non-hydrogen) atoms. The van der Waals surface area contributed by atoms with Crippen LogP contribution in [0.5, 0.6) is 0 Å². The largest absolute Gasteiger partial charge is 0.336 e.